The summed E-state index contributed by atoms with van der Waals surface area (Å²) in [5.41, 5.74) is 0.920. The summed E-state index contributed by atoms with van der Waals surface area (Å²) in [4.78, 5) is 6.86. The molecular formula is C13H20N4S. The summed E-state index contributed by atoms with van der Waals surface area (Å²) in [5, 5.41) is 6.56. The Hall–Kier alpha value is -1.36. The van der Waals surface area contributed by atoms with Crippen LogP contribution < -0.4 is 15.5 Å². The minimum atomic E-state index is 0.608. The Balaban J connectivity index is 2.00. The molecule has 0 bridgehead atoms. The van der Waals surface area contributed by atoms with Crippen LogP contribution in [0.1, 0.15) is 19.8 Å². The summed E-state index contributed by atoms with van der Waals surface area (Å²) in [6.45, 7) is 4.52. The maximum Gasteiger partial charge on any atom is 0.170 e. The molecule has 2 N–H and O–H groups in total. The highest BCUT2D eigenvalue weighted by molar-refractivity contribution is 7.80. The Labute approximate surface area is 114 Å². The van der Waals surface area contributed by atoms with Gasteiger partial charge in [-0.3, -0.25) is 0 Å². The van der Waals surface area contributed by atoms with Gasteiger partial charge in [0.15, 0.2) is 5.11 Å². The second-order valence-corrected chi connectivity index (χ2v) is 5.21. The molecule has 5 heteroatoms. The molecule has 2 heterocycles. The van der Waals surface area contributed by atoms with Crippen LogP contribution in [0.5, 0.6) is 0 Å². The molecule has 4 nitrogen and oxygen atoms in total. The molecule has 1 aromatic heterocycles. The second-order valence-electron chi connectivity index (χ2n) is 4.80. The van der Waals surface area contributed by atoms with Gasteiger partial charge in [0, 0.05) is 20.1 Å². The number of rotatable bonds is 2. The number of pyridine rings is 1. The maximum absolute atomic E-state index is 5.05. The summed E-state index contributed by atoms with van der Waals surface area (Å²) in [7, 11) is 1.80. The van der Waals surface area contributed by atoms with Gasteiger partial charge in [-0.25, -0.2) is 4.98 Å². The van der Waals surface area contributed by atoms with Crippen molar-refractivity contribution in [3.8, 4) is 0 Å². The topological polar surface area (TPSA) is 40.2 Å². The van der Waals surface area contributed by atoms with Crippen LogP contribution >= 0.6 is 12.2 Å². The third kappa shape index (κ3) is 3.32. The van der Waals surface area contributed by atoms with Crippen molar-refractivity contribution in [2.45, 2.75) is 19.8 Å². The highest BCUT2D eigenvalue weighted by Gasteiger charge is 2.17. The van der Waals surface area contributed by atoms with Gasteiger partial charge in [0.1, 0.15) is 5.82 Å². The normalized spacial score (nSPS) is 19.4. The molecule has 1 fully saturated rings. The van der Waals surface area contributed by atoms with Gasteiger partial charge in [-0.2, -0.15) is 0 Å². The van der Waals surface area contributed by atoms with Gasteiger partial charge >= 0.3 is 0 Å². The molecule has 2 rings (SSSR count). The Morgan fingerprint density at radius 2 is 2.33 bits per heavy atom. The van der Waals surface area contributed by atoms with Crippen molar-refractivity contribution in [3.63, 3.8) is 0 Å². The monoisotopic (exact) mass is 264 g/mol. The van der Waals surface area contributed by atoms with Crippen LogP contribution in [0.3, 0.4) is 0 Å². The van der Waals surface area contributed by atoms with Crippen molar-refractivity contribution < 1.29 is 0 Å². The first-order valence-corrected chi connectivity index (χ1v) is 6.79. The van der Waals surface area contributed by atoms with Crippen LogP contribution in [0.25, 0.3) is 0 Å². The van der Waals surface area contributed by atoms with Gasteiger partial charge in [-0.15, -0.1) is 0 Å². The number of nitrogens with one attached hydrogen (secondary N) is 2. The van der Waals surface area contributed by atoms with Crippen molar-refractivity contribution in [2.24, 2.45) is 5.92 Å². The predicted molar refractivity (Wildman–Crippen MR) is 80.1 cm³/mol. The van der Waals surface area contributed by atoms with Crippen LogP contribution in [0.15, 0.2) is 18.3 Å². The van der Waals surface area contributed by atoms with Gasteiger partial charge in [-0.05, 0) is 43.1 Å². The maximum atomic E-state index is 5.05. The van der Waals surface area contributed by atoms with Gasteiger partial charge in [0.25, 0.3) is 0 Å². The quantitative estimate of drug-likeness (QED) is 0.802. The molecule has 1 aliphatic rings. The Bertz CT molecular complexity index is 404. The van der Waals surface area contributed by atoms with Gasteiger partial charge in [0.2, 0.25) is 0 Å². The van der Waals surface area contributed by atoms with Crippen LogP contribution in [0.2, 0.25) is 0 Å². The van der Waals surface area contributed by atoms with E-state index in [2.05, 4.69) is 33.5 Å². The molecule has 0 spiro atoms. The summed E-state index contributed by atoms with van der Waals surface area (Å²) >= 11 is 5.05. The lowest BCUT2D eigenvalue weighted by Crippen LogP contribution is -2.34. The van der Waals surface area contributed by atoms with E-state index in [0.717, 1.165) is 30.5 Å². The lowest BCUT2D eigenvalue weighted by molar-refractivity contribution is 0.444. The van der Waals surface area contributed by atoms with Crippen LogP contribution in [-0.2, 0) is 0 Å². The molecule has 0 aromatic carbocycles. The molecule has 1 atom stereocenters. The van der Waals surface area contributed by atoms with Crippen LogP contribution in [0.4, 0.5) is 11.5 Å². The van der Waals surface area contributed by atoms with E-state index in [1.54, 1.807) is 7.05 Å². The summed E-state index contributed by atoms with van der Waals surface area (Å²) in [6.07, 6.45) is 4.41. The predicted octanol–water partition coefficient (Wildman–Crippen LogP) is 2.23. The number of hydrogen-bond acceptors (Lipinski definition) is 3. The molecule has 1 aliphatic heterocycles. The molecule has 0 aliphatic carbocycles. The average molecular weight is 264 g/mol. The standard InChI is InChI=1S/C13H20N4S/c1-10-4-3-7-17(9-10)12-6-5-11(8-15-12)16-13(18)14-2/h5-6,8,10H,3-4,7,9H2,1-2H3,(H2,14,16,18)/t10-/m1/s1. The van der Waals surface area contributed by atoms with Gasteiger partial charge < -0.3 is 15.5 Å². The molecule has 1 saturated heterocycles. The zero-order valence-corrected chi connectivity index (χ0v) is 11.8. The smallest absolute Gasteiger partial charge is 0.170 e. The van der Waals surface area contributed by atoms with Crippen molar-refractivity contribution in [1.82, 2.24) is 10.3 Å². The summed E-state index contributed by atoms with van der Waals surface area (Å²) in [5.74, 6) is 1.82. The van der Waals surface area contributed by atoms with E-state index in [4.69, 9.17) is 12.2 Å². The van der Waals surface area contributed by atoms with Crippen molar-refractivity contribution in [2.75, 3.05) is 30.4 Å². The van der Waals surface area contributed by atoms with Crippen molar-refractivity contribution in [3.05, 3.63) is 18.3 Å². The van der Waals surface area contributed by atoms with E-state index in [1.807, 2.05) is 12.3 Å². The Kier molecular flexibility index (Phi) is 4.36. The number of hydrogen-bond donors (Lipinski definition) is 2. The number of thiocarbonyl (C=S) groups is 1. The SMILES string of the molecule is CNC(=S)Nc1ccc(N2CCC[C@@H](C)C2)nc1. The first-order valence-electron chi connectivity index (χ1n) is 6.39. The summed E-state index contributed by atoms with van der Waals surface area (Å²) in [6, 6.07) is 4.07. The molecule has 0 radical (unpaired) electrons. The average Bonchev–Trinajstić information content (AvgIpc) is 2.39. The minimum absolute atomic E-state index is 0.608. The van der Waals surface area contributed by atoms with Gasteiger partial charge in [0.05, 0.1) is 11.9 Å². The lowest BCUT2D eigenvalue weighted by Gasteiger charge is -2.31. The Morgan fingerprint density at radius 3 is 2.94 bits per heavy atom. The van der Waals surface area contributed by atoms with E-state index in [1.165, 1.54) is 12.8 Å². The second kappa shape index (κ2) is 6.00. The molecule has 18 heavy (non-hydrogen) atoms. The molecule has 1 aromatic rings. The van der Waals surface area contributed by atoms with Crippen LogP contribution in [0, 0.1) is 5.92 Å². The van der Waals surface area contributed by atoms with Crippen molar-refractivity contribution in [1.29, 1.82) is 0 Å². The number of piperidine rings is 1. The zero-order valence-electron chi connectivity index (χ0n) is 10.9. The van der Waals surface area contributed by atoms with E-state index in [-0.39, 0.29) is 0 Å². The number of nitrogens with zero attached hydrogens (tertiary/aromatic N) is 2. The first kappa shape index (κ1) is 13.1. The highest BCUT2D eigenvalue weighted by Crippen LogP contribution is 2.21. The van der Waals surface area contributed by atoms with E-state index >= 15 is 0 Å². The fraction of sp³-hybridized carbons (Fsp3) is 0.538. The van der Waals surface area contributed by atoms with Crippen molar-refractivity contribution >= 4 is 28.8 Å². The third-order valence-electron chi connectivity index (χ3n) is 3.21. The fourth-order valence-corrected chi connectivity index (χ4v) is 2.36. The van der Waals surface area contributed by atoms with Gasteiger partial charge in [-0.1, -0.05) is 6.92 Å². The highest BCUT2D eigenvalue weighted by atomic mass is 32.1. The molecule has 0 amide bonds. The number of aromatic nitrogens is 1. The molecule has 98 valence electrons. The molecule has 0 saturated carbocycles. The van der Waals surface area contributed by atoms with E-state index in [0.29, 0.717) is 5.11 Å². The zero-order chi connectivity index (χ0) is 13.0. The van der Waals surface area contributed by atoms with E-state index < -0.39 is 0 Å². The summed E-state index contributed by atoms with van der Waals surface area (Å²) < 4.78 is 0. The molecule has 0 unspecified atom stereocenters. The minimum Gasteiger partial charge on any atom is -0.366 e. The number of anilines is 2. The fourth-order valence-electron chi connectivity index (χ4n) is 2.24. The van der Waals surface area contributed by atoms with Crippen LogP contribution in [-0.4, -0.2) is 30.2 Å². The first-order chi connectivity index (χ1) is 8.69. The van der Waals surface area contributed by atoms with E-state index in [9.17, 15) is 0 Å². The molecular weight excluding hydrogens is 244 g/mol. The lowest BCUT2D eigenvalue weighted by atomic mass is 10.0. The third-order valence-corrected chi connectivity index (χ3v) is 3.52. The Morgan fingerprint density at radius 1 is 1.50 bits per heavy atom. The largest absolute Gasteiger partial charge is 0.366 e.